The molecule has 1 aromatic carbocycles. The molecule has 0 fully saturated rings. The third-order valence-corrected chi connectivity index (χ3v) is 3.07. The Balaban J connectivity index is 2.77. The minimum Gasteiger partial charge on any atom is -0.313 e. The van der Waals surface area contributed by atoms with E-state index in [9.17, 15) is 4.39 Å². The summed E-state index contributed by atoms with van der Waals surface area (Å²) in [6, 6.07) is 5.38. The van der Waals surface area contributed by atoms with E-state index < -0.39 is 0 Å². The lowest BCUT2D eigenvalue weighted by Crippen LogP contribution is -2.16. The van der Waals surface area contributed by atoms with E-state index >= 15 is 0 Å². The number of halogens is 2. The van der Waals surface area contributed by atoms with Crippen LogP contribution in [0.2, 0.25) is 0 Å². The minimum absolute atomic E-state index is 0.156. The molecule has 0 aromatic heterocycles. The quantitative estimate of drug-likeness (QED) is 0.832. The van der Waals surface area contributed by atoms with Crippen LogP contribution in [0.5, 0.6) is 0 Å². The molecule has 1 rings (SSSR count). The lowest BCUT2D eigenvalue weighted by Gasteiger charge is -2.15. The fourth-order valence-electron chi connectivity index (χ4n) is 1.55. The van der Waals surface area contributed by atoms with Gasteiger partial charge in [0, 0.05) is 12.5 Å². The molecule has 1 atom stereocenters. The third-order valence-electron chi connectivity index (χ3n) is 2.43. The van der Waals surface area contributed by atoms with Crippen molar-refractivity contribution in [1.82, 2.24) is 5.32 Å². The van der Waals surface area contributed by atoms with Crippen molar-refractivity contribution in [2.45, 2.75) is 25.8 Å². The van der Waals surface area contributed by atoms with Crippen LogP contribution in [-0.2, 0) is 0 Å². The normalized spacial score (nSPS) is 11.8. The van der Waals surface area contributed by atoms with Crippen LogP contribution >= 0.6 is 15.9 Å². The summed E-state index contributed by atoms with van der Waals surface area (Å²) in [7, 11) is 1.88. The van der Waals surface area contributed by atoms with Crippen LogP contribution < -0.4 is 5.32 Å². The van der Waals surface area contributed by atoms with Gasteiger partial charge in [0.1, 0.15) is 5.82 Å². The zero-order chi connectivity index (χ0) is 12.0. The molecule has 3 heteroatoms. The SMILES string of the molecule is CC#CCCC(NC)c1ccc(Br)c(F)c1. The zero-order valence-electron chi connectivity index (χ0n) is 9.48. The molecule has 0 radical (unpaired) electrons. The molecule has 0 bridgehead atoms. The van der Waals surface area contributed by atoms with Crippen molar-refractivity contribution in [1.29, 1.82) is 0 Å². The van der Waals surface area contributed by atoms with Crippen molar-refractivity contribution < 1.29 is 4.39 Å². The molecule has 0 aliphatic heterocycles. The summed E-state index contributed by atoms with van der Waals surface area (Å²) >= 11 is 3.15. The van der Waals surface area contributed by atoms with Crippen molar-refractivity contribution in [3.05, 3.63) is 34.1 Å². The first-order chi connectivity index (χ1) is 7.69. The Morgan fingerprint density at radius 2 is 2.25 bits per heavy atom. The zero-order valence-corrected chi connectivity index (χ0v) is 11.1. The van der Waals surface area contributed by atoms with E-state index in [2.05, 4.69) is 33.1 Å². The minimum atomic E-state index is -0.223. The van der Waals surface area contributed by atoms with Crippen molar-refractivity contribution in [3.8, 4) is 11.8 Å². The summed E-state index contributed by atoms with van der Waals surface area (Å²) in [5.41, 5.74) is 0.959. The molecule has 1 nitrogen and oxygen atoms in total. The van der Waals surface area contributed by atoms with E-state index in [1.54, 1.807) is 12.1 Å². The maximum absolute atomic E-state index is 13.4. The van der Waals surface area contributed by atoms with Crippen LogP contribution in [0.3, 0.4) is 0 Å². The average Bonchev–Trinajstić information content (AvgIpc) is 2.29. The highest BCUT2D eigenvalue weighted by atomic mass is 79.9. The van der Waals surface area contributed by atoms with Gasteiger partial charge in [0.25, 0.3) is 0 Å². The topological polar surface area (TPSA) is 12.0 Å². The molecule has 86 valence electrons. The number of rotatable bonds is 4. The van der Waals surface area contributed by atoms with Crippen molar-refractivity contribution >= 4 is 15.9 Å². The number of benzene rings is 1. The van der Waals surface area contributed by atoms with Gasteiger partial charge in [-0.2, -0.15) is 0 Å². The molecule has 0 aliphatic rings. The molecule has 16 heavy (non-hydrogen) atoms. The van der Waals surface area contributed by atoms with E-state index in [1.165, 1.54) is 0 Å². The second-order valence-corrected chi connectivity index (χ2v) is 4.33. The van der Waals surface area contributed by atoms with Crippen LogP contribution in [0.15, 0.2) is 22.7 Å². The smallest absolute Gasteiger partial charge is 0.137 e. The first kappa shape index (κ1) is 13.2. The van der Waals surface area contributed by atoms with Crippen LogP contribution in [0, 0.1) is 17.7 Å². The van der Waals surface area contributed by atoms with Gasteiger partial charge in [0.05, 0.1) is 4.47 Å². The van der Waals surface area contributed by atoms with Crippen molar-refractivity contribution in [3.63, 3.8) is 0 Å². The molecule has 0 spiro atoms. The molecule has 0 aliphatic carbocycles. The van der Waals surface area contributed by atoms with E-state index in [0.717, 1.165) is 18.4 Å². The summed E-state index contributed by atoms with van der Waals surface area (Å²) in [4.78, 5) is 0. The second kappa shape index (κ2) is 6.67. The summed E-state index contributed by atoms with van der Waals surface area (Å²) < 4.78 is 13.9. The van der Waals surface area contributed by atoms with Crippen molar-refractivity contribution in [2.75, 3.05) is 7.05 Å². The van der Waals surface area contributed by atoms with Crippen LogP contribution in [0.1, 0.15) is 31.4 Å². The molecule has 0 saturated heterocycles. The van der Waals surface area contributed by atoms with Gasteiger partial charge in [0.15, 0.2) is 0 Å². The highest BCUT2D eigenvalue weighted by Gasteiger charge is 2.10. The first-order valence-corrected chi connectivity index (χ1v) is 6.00. The van der Waals surface area contributed by atoms with Crippen LogP contribution in [0.4, 0.5) is 4.39 Å². The highest BCUT2D eigenvalue weighted by Crippen LogP contribution is 2.23. The third kappa shape index (κ3) is 3.62. The fraction of sp³-hybridized carbons (Fsp3) is 0.385. The van der Waals surface area contributed by atoms with E-state index in [1.807, 2.05) is 20.0 Å². The standard InChI is InChI=1S/C13H15BrFN/c1-3-4-5-6-13(16-2)10-7-8-11(14)12(15)9-10/h7-9,13,16H,5-6H2,1-2H3. The summed E-state index contributed by atoms with van der Waals surface area (Å²) in [6.07, 6.45) is 1.71. The molecule has 0 saturated carbocycles. The monoisotopic (exact) mass is 283 g/mol. The van der Waals surface area contributed by atoms with Gasteiger partial charge in [0.2, 0.25) is 0 Å². The van der Waals surface area contributed by atoms with Crippen molar-refractivity contribution in [2.24, 2.45) is 0 Å². The highest BCUT2D eigenvalue weighted by molar-refractivity contribution is 9.10. The van der Waals surface area contributed by atoms with Gasteiger partial charge in [-0.1, -0.05) is 6.07 Å². The number of hydrogen-bond donors (Lipinski definition) is 1. The van der Waals surface area contributed by atoms with Gasteiger partial charge in [-0.15, -0.1) is 11.8 Å². The first-order valence-electron chi connectivity index (χ1n) is 5.21. The van der Waals surface area contributed by atoms with E-state index in [0.29, 0.717) is 4.47 Å². The Labute approximate surface area is 105 Å². The molecule has 1 aromatic rings. The van der Waals surface area contributed by atoms with E-state index in [4.69, 9.17) is 0 Å². The predicted octanol–water partition coefficient (Wildman–Crippen LogP) is 3.65. The lowest BCUT2D eigenvalue weighted by atomic mass is 10.0. The maximum atomic E-state index is 13.4. The molecule has 0 amide bonds. The number of nitrogens with one attached hydrogen (secondary N) is 1. The molecule has 1 N–H and O–H groups in total. The summed E-state index contributed by atoms with van der Waals surface area (Å²) in [6.45, 7) is 1.83. The van der Waals surface area contributed by atoms with Gasteiger partial charge in [-0.25, -0.2) is 4.39 Å². The van der Waals surface area contributed by atoms with Crippen LogP contribution in [0.25, 0.3) is 0 Å². The van der Waals surface area contributed by atoms with Gasteiger partial charge in [-0.3, -0.25) is 0 Å². The van der Waals surface area contributed by atoms with Crippen LogP contribution in [-0.4, -0.2) is 7.05 Å². The Bertz CT molecular complexity index is 406. The Kier molecular flexibility index (Phi) is 5.51. The van der Waals surface area contributed by atoms with Gasteiger partial charge < -0.3 is 5.32 Å². The largest absolute Gasteiger partial charge is 0.313 e. The Morgan fingerprint density at radius 1 is 1.50 bits per heavy atom. The van der Waals surface area contributed by atoms with E-state index in [-0.39, 0.29) is 11.9 Å². The Hall–Kier alpha value is -0.850. The summed E-state index contributed by atoms with van der Waals surface area (Å²) in [5, 5.41) is 3.17. The Morgan fingerprint density at radius 3 is 2.81 bits per heavy atom. The average molecular weight is 284 g/mol. The second-order valence-electron chi connectivity index (χ2n) is 3.48. The lowest BCUT2D eigenvalue weighted by molar-refractivity contribution is 0.549. The van der Waals surface area contributed by atoms with Gasteiger partial charge >= 0.3 is 0 Å². The predicted molar refractivity (Wildman–Crippen MR) is 68.6 cm³/mol. The molecule has 1 unspecified atom stereocenters. The summed E-state index contributed by atoms with van der Waals surface area (Å²) in [5.74, 6) is 5.65. The molecule has 0 heterocycles. The fourth-order valence-corrected chi connectivity index (χ4v) is 1.79. The maximum Gasteiger partial charge on any atom is 0.137 e. The molecular weight excluding hydrogens is 269 g/mol. The number of hydrogen-bond acceptors (Lipinski definition) is 1. The molecular formula is C13H15BrFN. The van der Waals surface area contributed by atoms with Gasteiger partial charge in [-0.05, 0) is 54.0 Å².